The van der Waals surface area contributed by atoms with E-state index in [1.807, 2.05) is 55.3 Å². The van der Waals surface area contributed by atoms with Crippen LogP contribution in [0.1, 0.15) is 23.1 Å². The van der Waals surface area contributed by atoms with Gasteiger partial charge in [-0.1, -0.05) is 35.0 Å². The highest BCUT2D eigenvalue weighted by molar-refractivity contribution is 5.51. The van der Waals surface area contributed by atoms with Crippen molar-refractivity contribution >= 4 is 0 Å². The fourth-order valence-corrected chi connectivity index (χ4v) is 2.42. The molecular formula is C18H20N4O2. The van der Waals surface area contributed by atoms with Crippen LogP contribution in [0.2, 0.25) is 0 Å². The molecule has 0 radical (unpaired) electrons. The Bertz CT molecular complexity index is 771. The summed E-state index contributed by atoms with van der Waals surface area (Å²) >= 11 is 0. The molecule has 0 aliphatic heterocycles. The molecule has 6 heteroatoms. The first-order valence-corrected chi connectivity index (χ1v) is 7.78. The van der Waals surface area contributed by atoms with E-state index in [2.05, 4.69) is 15.1 Å². The number of likely N-dealkylation sites (N-methyl/N-ethyl adjacent to an activating group) is 1. The molecule has 0 spiro atoms. The average Bonchev–Trinajstić information content (AvgIpc) is 3.04. The molecule has 0 aliphatic rings. The number of benzene rings is 1. The molecule has 0 amide bonds. The first-order valence-electron chi connectivity index (χ1n) is 7.78. The number of rotatable bonds is 6. The van der Waals surface area contributed by atoms with E-state index in [1.54, 1.807) is 12.4 Å². The van der Waals surface area contributed by atoms with Crippen LogP contribution in [0.3, 0.4) is 0 Å². The van der Waals surface area contributed by atoms with Crippen LogP contribution in [0.5, 0.6) is 0 Å². The second kappa shape index (κ2) is 7.33. The molecule has 0 saturated heterocycles. The zero-order valence-corrected chi connectivity index (χ0v) is 13.8. The number of aliphatic hydroxyl groups is 1. The van der Waals surface area contributed by atoms with Gasteiger partial charge in [0.05, 0.1) is 12.6 Å². The van der Waals surface area contributed by atoms with E-state index in [1.165, 1.54) is 5.56 Å². The summed E-state index contributed by atoms with van der Waals surface area (Å²) < 4.78 is 5.28. The lowest BCUT2D eigenvalue weighted by Crippen LogP contribution is -2.24. The molecule has 124 valence electrons. The van der Waals surface area contributed by atoms with Crippen molar-refractivity contribution in [3.05, 3.63) is 65.8 Å². The summed E-state index contributed by atoms with van der Waals surface area (Å²) in [4.78, 5) is 10.4. The van der Waals surface area contributed by atoms with Crippen molar-refractivity contribution in [1.82, 2.24) is 20.0 Å². The number of nitrogens with zero attached hydrogens (tertiary/aromatic N) is 4. The van der Waals surface area contributed by atoms with Gasteiger partial charge in [-0.25, -0.2) is 0 Å². The number of aryl methyl sites for hydroxylation is 1. The molecule has 2 aromatic heterocycles. The normalized spacial score (nSPS) is 12.5. The van der Waals surface area contributed by atoms with Crippen LogP contribution in [0.4, 0.5) is 0 Å². The molecule has 2 heterocycles. The lowest BCUT2D eigenvalue weighted by Gasteiger charge is -2.19. The third kappa shape index (κ3) is 4.04. The molecule has 0 aliphatic carbocycles. The third-order valence-corrected chi connectivity index (χ3v) is 3.74. The predicted molar refractivity (Wildman–Crippen MR) is 90.0 cm³/mol. The van der Waals surface area contributed by atoms with Gasteiger partial charge in [0, 0.05) is 24.5 Å². The van der Waals surface area contributed by atoms with Gasteiger partial charge in [0.1, 0.15) is 0 Å². The second-order valence-corrected chi connectivity index (χ2v) is 5.88. The average molecular weight is 324 g/mol. The van der Waals surface area contributed by atoms with E-state index in [-0.39, 0.29) is 0 Å². The van der Waals surface area contributed by atoms with Crippen molar-refractivity contribution in [2.75, 3.05) is 13.6 Å². The number of hydrogen-bond donors (Lipinski definition) is 1. The van der Waals surface area contributed by atoms with Crippen molar-refractivity contribution in [1.29, 1.82) is 0 Å². The molecule has 1 atom stereocenters. The minimum atomic E-state index is -0.559. The van der Waals surface area contributed by atoms with Crippen molar-refractivity contribution in [2.24, 2.45) is 0 Å². The maximum absolute atomic E-state index is 10.3. The summed E-state index contributed by atoms with van der Waals surface area (Å²) in [6.45, 7) is 2.97. The summed E-state index contributed by atoms with van der Waals surface area (Å²) in [6, 6.07) is 11.6. The van der Waals surface area contributed by atoms with Crippen LogP contribution in [-0.4, -0.2) is 38.7 Å². The summed E-state index contributed by atoms with van der Waals surface area (Å²) in [7, 11) is 1.91. The van der Waals surface area contributed by atoms with Crippen LogP contribution in [-0.2, 0) is 6.54 Å². The second-order valence-electron chi connectivity index (χ2n) is 5.88. The van der Waals surface area contributed by atoms with Crippen molar-refractivity contribution in [3.63, 3.8) is 0 Å². The van der Waals surface area contributed by atoms with Gasteiger partial charge in [-0.2, -0.15) is 4.98 Å². The highest BCUT2D eigenvalue weighted by Crippen LogP contribution is 2.17. The van der Waals surface area contributed by atoms with Gasteiger partial charge in [-0.15, -0.1) is 0 Å². The van der Waals surface area contributed by atoms with Crippen LogP contribution in [0.25, 0.3) is 11.4 Å². The molecule has 3 aromatic rings. The van der Waals surface area contributed by atoms with Gasteiger partial charge >= 0.3 is 0 Å². The standard InChI is InChI=1S/C18H20N4O2/c1-13-5-7-14(8-6-13)16(23)11-22(2)12-17-20-18(21-24-17)15-4-3-9-19-10-15/h3-10,16,23H,11-12H2,1-2H3. The highest BCUT2D eigenvalue weighted by Gasteiger charge is 2.14. The van der Waals surface area contributed by atoms with Gasteiger partial charge in [0.2, 0.25) is 11.7 Å². The Hall–Kier alpha value is -2.57. The minimum absolute atomic E-state index is 0.468. The number of pyridine rings is 1. The third-order valence-electron chi connectivity index (χ3n) is 3.74. The minimum Gasteiger partial charge on any atom is -0.387 e. The smallest absolute Gasteiger partial charge is 0.241 e. The number of hydrogen-bond acceptors (Lipinski definition) is 6. The Morgan fingerprint density at radius 1 is 1.21 bits per heavy atom. The topological polar surface area (TPSA) is 75.3 Å². The highest BCUT2D eigenvalue weighted by atomic mass is 16.5. The lowest BCUT2D eigenvalue weighted by atomic mass is 10.1. The molecule has 1 N–H and O–H groups in total. The van der Waals surface area contributed by atoms with E-state index in [0.717, 1.165) is 11.1 Å². The monoisotopic (exact) mass is 324 g/mol. The molecule has 0 saturated carbocycles. The Kier molecular flexibility index (Phi) is 4.98. The van der Waals surface area contributed by atoms with Gasteiger partial charge in [-0.05, 0) is 31.7 Å². The first-order chi connectivity index (χ1) is 11.6. The number of aliphatic hydroxyl groups excluding tert-OH is 1. The number of aromatic nitrogens is 3. The molecule has 6 nitrogen and oxygen atoms in total. The van der Waals surface area contributed by atoms with E-state index < -0.39 is 6.10 Å². The van der Waals surface area contributed by atoms with Gasteiger partial charge < -0.3 is 9.63 Å². The molecule has 1 aromatic carbocycles. The van der Waals surface area contributed by atoms with Gasteiger partial charge in [0.25, 0.3) is 0 Å². The summed E-state index contributed by atoms with van der Waals surface area (Å²) in [5.41, 5.74) is 2.89. The largest absolute Gasteiger partial charge is 0.387 e. The van der Waals surface area contributed by atoms with E-state index in [9.17, 15) is 5.11 Å². The van der Waals surface area contributed by atoms with Crippen LogP contribution < -0.4 is 0 Å². The SMILES string of the molecule is Cc1ccc(C(O)CN(C)Cc2nc(-c3cccnc3)no2)cc1. The molecule has 0 bridgehead atoms. The molecule has 1 unspecified atom stereocenters. The van der Waals surface area contributed by atoms with Crippen LogP contribution >= 0.6 is 0 Å². The maximum Gasteiger partial charge on any atom is 0.241 e. The van der Waals surface area contributed by atoms with Crippen molar-refractivity contribution in [2.45, 2.75) is 19.6 Å². The molecule has 3 rings (SSSR count). The maximum atomic E-state index is 10.3. The van der Waals surface area contributed by atoms with E-state index in [0.29, 0.717) is 24.8 Å². The summed E-state index contributed by atoms with van der Waals surface area (Å²) in [5, 5.41) is 14.3. The Morgan fingerprint density at radius 2 is 2.00 bits per heavy atom. The van der Waals surface area contributed by atoms with Gasteiger partial charge in [-0.3, -0.25) is 9.88 Å². The van der Waals surface area contributed by atoms with Crippen molar-refractivity contribution in [3.8, 4) is 11.4 Å². The Morgan fingerprint density at radius 3 is 2.71 bits per heavy atom. The summed E-state index contributed by atoms with van der Waals surface area (Å²) in [5.74, 6) is 1.03. The molecular weight excluding hydrogens is 304 g/mol. The van der Waals surface area contributed by atoms with E-state index in [4.69, 9.17) is 4.52 Å². The van der Waals surface area contributed by atoms with E-state index >= 15 is 0 Å². The first kappa shape index (κ1) is 16.3. The van der Waals surface area contributed by atoms with Gasteiger partial charge in [0.15, 0.2) is 0 Å². The fraction of sp³-hybridized carbons (Fsp3) is 0.278. The molecule has 24 heavy (non-hydrogen) atoms. The summed E-state index contributed by atoms with van der Waals surface area (Å²) in [6.07, 6.45) is 2.83. The Balaban J connectivity index is 1.60. The fourth-order valence-electron chi connectivity index (χ4n) is 2.42. The van der Waals surface area contributed by atoms with Crippen molar-refractivity contribution < 1.29 is 9.63 Å². The zero-order chi connectivity index (χ0) is 16.9. The quantitative estimate of drug-likeness (QED) is 0.751. The Labute approximate surface area is 140 Å². The zero-order valence-electron chi connectivity index (χ0n) is 13.8. The van der Waals surface area contributed by atoms with Crippen LogP contribution in [0, 0.1) is 6.92 Å². The predicted octanol–water partition coefficient (Wildman–Crippen LogP) is 2.61. The lowest BCUT2D eigenvalue weighted by molar-refractivity contribution is 0.118. The molecule has 0 fully saturated rings. The van der Waals surface area contributed by atoms with Crippen LogP contribution in [0.15, 0.2) is 53.3 Å².